The highest BCUT2D eigenvalue weighted by molar-refractivity contribution is 5.14. The Labute approximate surface area is 116 Å². The number of hydrogen-bond donors (Lipinski definition) is 2. The van der Waals surface area contributed by atoms with Gasteiger partial charge in [0.2, 0.25) is 0 Å². The lowest BCUT2D eigenvalue weighted by Gasteiger charge is -2.39. The molecule has 0 atom stereocenters. The van der Waals surface area contributed by atoms with Gasteiger partial charge in [0.05, 0.1) is 5.60 Å². The SMILES string of the molecule is CN(CCc1ccccc1)C1CCC(O)(CN)CC1. The lowest BCUT2D eigenvalue weighted by molar-refractivity contribution is -0.00922. The van der Waals surface area contributed by atoms with E-state index in [0.717, 1.165) is 38.6 Å². The minimum absolute atomic E-state index is 0.396. The van der Waals surface area contributed by atoms with Gasteiger partial charge in [-0.1, -0.05) is 30.3 Å². The van der Waals surface area contributed by atoms with Crippen molar-refractivity contribution in [2.45, 2.75) is 43.7 Å². The van der Waals surface area contributed by atoms with E-state index >= 15 is 0 Å². The molecule has 3 heteroatoms. The third-order valence-electron chi connectivity index (χ3n) is 4.49. The molecule has 1 aliphatic rings. The summed E-state index contributed by atoms with van der Waals surface area (Å²) in [5, 5.41) is 10.1. The number of benzene rings is 1. The summed E-state index contributed by atoms with van der Waals surface area (Å²) in [5.74, 6) is 0. The van der Waals surface area contributed by atoms with Crippen LogP contribution in [0.2, 0.25) is 0 Å². The van der Waals surface area contributed by atoms with E-state index in [4.69, 9.17) is 5.73 Å². The summed E-state index contributed by atoms with van der Waals surface area (Å²) in [6, 6.07) is 11.2. The highest BCUT2D eigenvalue weighted by Gasteiger charge is 2.32. The van der Waals surface area contributed by atoms with E-state index in [2.05, 4.69) is 42.3 Å². The monoisotopic (exact) mass is 262 g/mol. The zero-order chi connectivity index (χ0) is 13.7. The normalized spacial score (nSPS) is 27.7. The Morgan fingerprint density at radius 3 is 2.47 bits per heavy atom. The molecule has 0 radical (unpaired) electrons. The molecule has 19 heavy (non-hydrogen) atoms. The van der Waals surface area contributed by atoms with Crippen molar-refractivity contribution in [1.82, 2.24) is 4.90 Å². The second kappa shape index (κ2) is 6.51. The molecule has 0 heterocycles. The second-order valence-electron chi connectivity index (χ2n) is 5.88. The van der Waals surface area contributed by atoms with Gasteiger partial charge in [-0.15, -0.1) is 0 Å². The molecule has 1 aliphatic carbocycles. The Morgan fingerprint density at radius 1 is 1.26 bits per heavy atom. The molecule has 0 bridgehead atoms. The Kier molecular flexibility index (Phi) is 4.97. The van der Waals surface area contributed by atoms with Gasteiger partial charge in [-0.3, -0.25) is 0 Å². The van der Waals surface area contributed by atoms with E-state index in [9.17, 15) is 5.11 Å². The van der Waals surface area contributed by atoms with Gasteiger partial charge < -0.3 is 15.7 Å². The predicted octanol–water partition coefficient (Wildman–Crippen LogP) is 1.79. The zero-order valence-corrected chi connectivity index (χ0v) is 11.9. The van der Waals surface area contributed by atoms with E-state index in [1.165, 1.54) is 5.56 Å². The predicted molar refractivity (Wildman–Crippen MR) is 79.0 cm³/mol. The van der Waals surface area contributed by atoms with Crippen molar-refractivity contribution in [2.75, 3.05) is 20.1 Å². The number of nitrogens with two attached hydrogens (primary N) is 1. The summed E-state index contributed by atoms with van der Waals surface area (Å²) in [6.07, 6.45) is 4.88. The van der Waals surface area contributed by atoms with Gasteiger partial charge in [0.15, 0.2) is 0 Å². The van der Waals surface area contributed by atoms with Crippen LogP contribution in [0.5, 0.6) is 0 Å². The van der Waals surface area contributed by atoms with Crippen molar-refractivity contribution in [3.8, 4) is 0 Å². The number of nitrogens with zero attached hydrogens (tertiary/aromatic N) is 1. The van der Waals surface area contributed by atoms with Crippen LogP contribution < -0.4 is 5.73 Å². The van der Waals surface area contributed by atoms with Gasteiger partial charge in [-0.2, -0.15) is 0 Å². The summed E-state index contributed by atoms with van der Waals surface area (Å²) in [7, 11) is 2.19. The molecule has 0 saturated heterocycles. The average molecular weight is 262 g/mol. The van der Waals surface area contributed by atoms with Gasteiger partial charge in [-0.05, 0) is 44.7 Å². The first-order chi connectivity index (χ1) is 9.13. The number of rotatable bonds is 5. The van der Waals surface area contributed by atoms with E-state index in [1.807, 2.05) is 0 Å². The van der Waals surface area contributed by atoms with Gasteiger partial charge in [-0.25, -0.2) is 0 Å². The van der Waals surface area contributed by atoms with E-state index in [1.54, 1.807) is 0 Å². The lowest BCUT2D eigenvalue weighted by atomic mass is 9.82. The summed E-state index contributed by atoms with van der Waals surface area (Å²) in [4.78, 5) is 2.43. The van der Waals surface area contributed by atoms with E-state index < -0.39 is 5.60 Å². The van der Waals surface area contributed by atoms with Crippen molar-refractivity contribution in [3.63, 3.8) is 0 Å². The summed E-state index contributed by atoms with van der Waals surface area (Å²) >= 11 is 0. The highest BCUT2D eigenvalue weighted by atomic mass is 16.3. The molecule has 0 spiro atoms. The van der Waals surface area contributed by atoms with Crippen LogP contribution in [0.3, 0.4) is 0 Å². The van der Waals surface area contributed by atoms with Gasteiger partial charge in [0, 0.05) is 19.1 Å². The molecule has 106 valence electrons. The Bertz CT molecular complexity index is 372. The van der Waals surface area contributed by atoms with Crippen LogP contribution in [-0.2, 0) is 6.42 Å². The summed E-state index contributed by atoms with van der Waals surface area (Å²) < 4.78 is 0. The maximum absolute atomic E-state index is 10.1. The maximum atomic E-state index is 10.1. The van der Waals surface area contributed by atoms with Gasteiger partial charge in [0.1, 0.15) is 0 Å². The van der Waals surface area contributed by atoms with Crippen LogP contribution in [0.15, 0.2) is 30.3 Å². The first-order valence-electron chi connectivity index (χ1n) is 7.29. The van der Waals surface area contributed by atoms with Crippen LogP contribution in [0.4, 0.5) is 0 Å². The molecule has 1 saturated carbocycles. The maximum Gasteiger partial charge on any atom is 0.0770 e. The molecular weight excluding hydrogens is 236 g/mol. The summed E-state index contributed by atoms with van der Waals surface area (Å²) in [6.45, 7) is 1.48. The van der Waals surface area contributed by atoms with Crippen molar-refractivity contribution < 1.29 is 5.11 Å². The fourth-order valence-electron chi connectivity index (χ4n) is 2.92. The third-order valence-corrected chi connectivity index (χ3v) is 4.49. The van der Waals surface area contributed by atoms with E-state index in [0.29, 0.717) is 12.6 Å². The molecular formula is C16H26N2O. The lowest BCUT2D eigenvalue weighted by Crippen LogP contribution is -2.46. The fraction of sp³-hybridized carbons (Fsp3) is 0.625. The van der Waals surface area contributed by atoms with Crippen LogP contribution >= 0.6 is 0 Å². The number of hydrogen-bond acceptors (Lipinski definition) is 3. The number of likely N-dealkylation sites (N-methyl/N-ethyl adjacent to an activating group) is 1. The van der Waals surface area contributed by atoms with Gasteiger partial charge >= 0.3 is 0 Å². The molecule has 0 aliphatic heterocycles. The summed E-state index contributed by atoms with van der Waals surface area (Å²) in [5.41, 5.74) is 6.42. The molecule has 3 nitrogen and oxygen atoms in total. The minimum atomic E-state index is -0.600. The molecule has 2 rings (SSSR count). The third kappa shape index (κ3) is 4.03. The topological polar surface area (TPSA) is 49.5 Å². The smallest absolute Gasteiger partial charge is 0.0770 e. The Morgan fingerprint density at radius 2 is 1.89 bits per heavy atom. The second-order valence-corrected chi connectivity index (χ2v) is 5.88. The molecule has 1 aromatic rings. The van der Waals surface area contributed by atoms with Gasteiger partial charge in [0.25, 0.3) is 0 Å². The van der Waals surface area contributed by atoms with E-state index in [-0.39, 0.29) is 0 Å². The molecule has 0 aromatic heterocycles. The largest absolute Gasteiger partial charge is 0.389 e. The molecule has 1 fully saturated rings. The fourth-order valence-corrected chi connectivity index (χ4v) is 2.92. The van der Waals surface area contributed by atoms with Crippen LogP contribution in [0.1, 0.15) is 31.2 Å². The zero-order valence-electron chi connectivity index (χ0n) is 11.9. The van der Waals surface area contributed by atoms with Crippen molar-refractivity contribution in [2.24, 2.45) is 5.73 Å². The minimum Gasteiger partial charge on any atom is -0.389 e. The van der Waals surface area contributed by atoms with Crippen LogP contribution in [0, 0.1) is 0 Å². The quantitative estimate of drug-likeness (QED) is 0.850. The Hall–Kier alpha value is -0.900. The standard InChI is InChI=1S/C16H26N2O/c1-18(12-9-14-5-3-2-4-6-14)15-7-10-16(19,13-17)11-8-15/h2-6,15,19H,7-13,17H2,1H3. The van der Waals surface area contributed by atoms with Crippen LogP contribution in [0.25, 0.3) is 0 Å². The van der Waals surface area contributed by atoms with Crippen molar-refractivity contribution in [1.29, 1.82) is 0 Å². The molecule has 0 amide bonds. The van der Waals surface area contributed by atoms with Crippen molar-refractivity contribution >= 4 is 0 Å². The number of aliphatic hydroxyl groups is 1. The van der Waals surface area contributed by atoms with Crippen LogP contribution in [-0.4, -0.2) is 41.8 Å². The van der Waals surface area contributed by atoms with Crippen molar-refractivity contribution in [3.05, 3.63) is 35.9 Å². The average Bonchev–Trinajstić information content (AvgIpc) is 2.47. The molecule has 1 aromatic carbocycles. The molecule has 3 N–H and O–H groups in total. The molecule has 0 unspecified atom stereocenters. The first-order valence-corrected chi connectivity index (χ1v) is 7.29. The Balaban J connectivity index is 1.77. The first kappa shape index (κ1) is 14.5. The highest BCUT2D eigenvalue weighted by Crippen LogP contribution is 2.29.